The van der Waals surface area contributed by atoms with Crippen LogP contribution in [0.4, 0.5) is 11.4 Å². The quantitative estimate of drug-likeness (QED) is 0.467. The van der Waals surface area contributed by atoms with Crippen LogP contribution in [0.1, 0.15) is 20.8 Å². The molecule has 1 heterocycles. The first-order valence-electron chi connectivity index (χ1n) is 6.41. The van der Waals surface area contributed by atoms with Crippen LogP contribution in [-0.4, -0.2) is 35.5 Å². The number of benzene rings is 1. The van der Waals surface area contributed by atoms with E-state index in [-0.39, 0.29) is 16.0 Å². The van der Waals surface area contributed by atoms with Crippen molar-refractivity contribution in [1.29, 1.82) is 0 Å². The molecule has 2 rings (SSSR count). The maximum absolute atomic E-state index is 10.7. The lowest BCUT2D eigenvalue weighted by molar-refractivity contribution is -0.489. The van der Waals surface area contributed by atoms with Crippen LogP contribution in [0.15, 0.2) is 24.3 Å². The maximum Gasteiger partial charge on any atom is 0.269 e. The smallest absolute Gasteiger partial charge is 0.264 e. The summed E-state index contributed by atoms with van der Waals surface area (Å²) in [7, 11) is 2.09. The van der Waals surface area contributed by atoms with Crippen molar-refractivity contribution in [3.05, 3.63) is 34.4 Å². The van der Waals surface area contributed by atoms with Crippen molar-refractivity contribution < 1.29 is 9.50 Å². The number of nitrogens with zero attached hydrogens (tertiary/aromatic N) is 3. The summed E-state index contributed by atoms with van der Waals surface area (Å²) in [6, 6.07) is 6.77. The standard InChI is InChI=1S/C14H20N3O2/c1-14(2,3)13-15(4)9-10-16(13)11-5-7-12(8-6-11)17(18)19/h5-8H,9-10H2,1-4H3/q+1. The second-order valence-corrected chi connectivity index (χ2v) is 5.92. The molecule has 5 nitrogen and oxygen atoms in total. The van der Waals surface area contributed by atoms with Gasteiger partial charge in [-0.05, 0) is 32.9 Å². The highest BCUT2D eigenvalue weighted by molar-refractivity contribution is 5.98. The van der Waals surface area contributed by atoms with Crippen molar-refractivity contribution in [2.24, 2.45) is 5.41 Å². The molecule has 0 aromatic heterocycles. The summed E-state index contributed by atoms with van der Waals surface area (Å²) in [5.74, 6) is 1.25. The third-order valence-corrected chi connectivity index (χ3v) is 3.32. The largest absolute Gasteiger partial charge is 0.269 e. The van der Waals surface area contributed by atoms with Gasteiger partial charge in [0.05, 0.1) is 17.4 Å². The average molecular weight is 262 g/mol. The number of rotatable bonds is 2. The molecule has 0 bridgehead atoms. The van der Waals surface area contributed by atoms with Crippen LogP contribution >= 0.6 is 0 Å². The number of nitro benzene ring substituents is 1. The topological polar surface area (TPSA) is 49.4 Å². The van der Waals surface area contributed by atoms with Gasteiger partial charge in [-0.15, -0.1) is 0 Å². The van der Waals surface area contributed by atoms with Crippen molar-refractivity contribution in [1.82, 2.24) is 0 Å². The lowest BCUT2D eigenvalue weighted by Crippen LogP contribution is -2.39. The van der Waals surface area contributed by atoms with Crippen LogP contribution in [0.25, 0.3) is 0 Å². The summed E-state index contributed by atoms with van der Waals surface area (Å²) in [6.45, 7) is 8.44. The molecule has 0 atom stereocenters. The first kappa shape index (κ1) is 13.5. The Kier molecular flexibility index (Phi) is 3.30. The molecule has 0 spiro atoms. The van der Waals surface area contributed by atoms with Crippen molar-refractivity contribution in [2.45, 2.75) is 20.8 Å². The predicted octanol–water partition coefficient (Wildman–Crippen LogP) is 2.50. The van der Waals surface area contributed by atoms with Crippen LogP contribution in [-0.2, 0) is 0 Å². The van der Waals surface area contributed by atoms with E-state index in [1.165, 1.54) is 5.84 Å². The number of amidine groups is 1. The molecular weight excluding hydrogens is 242 g/mol. The summed E-state index contributed by atoms with van der Waals surface area (Å²) in [5, 5.41) is 10.7. The third-order valence-electron chi connectivity index (χ3n) is 3.32. The van der Waals surface area contributed by atoms with Crippen LogP contribution in [0.2, 0.25) is 0 Å². The lowest BCUT2D eigenvalue weighted by Gasteiger charge is -2.22. The molecule has 5 heteroatoms. The van der Waals surface area contributed by atoms with Gasteiger partial charge in [0.25, 0.3) is 11.5 Å². The summed E-state index contributed by atoms with van der Waals surface area (Å²) in [6.07, 6.45) is 0. The monoisotopic (exact) mass is 262 g/mol. The normalized spacial score (nSPS) is 16.1. The average Bonchev–Trinajstić information content (AvgIpc) is 2.71. The van der Waals surface area contributed by atoms with E-state index in [1.54, 1.807) is 12.1 Å². The number of hydrogen-bond donors (Lipinski definition) is 0. The zero-order valence-electron chi connectivity index (χ0n) is 11.9. The van der Waals surface area contributed by atoms with Crippen molar-refractivity contribution >= 4 is 17.2 Å². The van der Waals surface area contributed by atoms with Crippen LogP contribution in [0, 0.1) is 15.5 Å². The Balaban J connectivity index is 2.35. The van der Waals surface area contributed by atoms with Crippen LogP contribution < -0.4 is 4.90 Å². The van der Waals surface area contributed by atoms with Gasteiger partial charge in [0.1, 0.15) is 18.8 Å². The summed E-state index contributed by atoms with van der Waals surface area (Å²) in [4.78, 5) is 12.6. The molecule has 0 fully saturated rings. The molecule has 0 aliphatic carbocycles. The number of nitro groups is 1. The van der Waals surface area contributed by atoms with Gasteiger partial charge in [-0.1, -0.05) is 0 Å². The molecular formula is C14H20N3O2+. The van der Waals surface area contributed by atoms with E-state index in [0.29, 0.717) is 0 Å². The molecule has 0 saturated heterocycles. The number of likely N-dealkylation sites (N-methyl/N-ethyl adjacent to an activating group) is 1. The minimum absolute atomic E-state index is 0.0486. The van der Waals surface area contributed by atoms with Crippen LogP contribution in [0.5, 0.6) is 0 Å². The Morgan fingerprint density at radius 2 is 1.84 bits per heavy atom. The van der Waals surface area contributed by atoms with Gasteiger partial charge in [0.15, 0.2) is 0 Å². The number of non-ortho nitro benzene ring substituents is 1. The zero-order valence-corrected chi connectivity index (χ0v) is 11.9. The Morgan fingerprint density at radius 3 is 2.32 bits per heavy atom. The van der Waals surface area contributed by atoms with Gasteiger partial charge in [-0.2, -0.15) is 0 Å². The van der Waals surface area contributed by atoms with E-state index < -0.39 is 0 Å². The Bertz CT molecular complexity index is 527. The first-order chi connectivity index (χ1) is 8.80. The second kappa shape index (κ2) is 4.64. The second-order valence-electron chi connectivity index (χ2n) is 5.92. The minimum Gasteiger partial charge on any atom is -0.264 e. The van der Waals surface area contributed by atoms with E-state index in [9.17, 15) is 10.1 Å². The highest BCUT2D eigenvalue weighted by atomic mass is 16.6. The molecule has 1 aromatic rings. The predicted molar refractivity (Wildman–Crippen MR) is 76.0 cm³/mol. The van der Waals surface area contributed by atoms with Crippen molar-refractivity contribution in [3.8, 4) is 0 Å². The Hall–Kier alpha value is -1.91. The van der Waals surface area contributed by atoms with E-state index in [4.69, 9.17) is 0 Å². The lowest BCUT2D eigenvalue weighted by atomic mass is 9.94. The third kappa shape index (κ3) is 2.59. The van der Waals surface area contributed by atoms with Gasteiger partial charge in [-0.3, -0.25) is 14.7 Å². The molecule has 19 heavy (non-hydrogen) atoms. The van der Waals surface area contributed by atoms with E-state index in [2.05, 4.69) is 37.3 Å². The number of anilines is 1. The fraction of sp³-hybridized carbons (Fsp3) is 0.500. The first-order valence-corrected chi connectivity index (χ1v) is 6.41. The fourth-order valence-corrected chi connectivity index (χ4v) is 2.65. The molecule has 1 aliphatic rings. The summed E-state index contributed by atoms with van der Waals surface area (Å²) in [5.41, 5.74) is 1.20. The van der Waals surface area contributed by atoms with Gasteiger partial charge < -0.3 is 0 Å². The van der Waals surface area contributed by atoms with E-state index >= 15 is 0 Å². The van der Waals surface area contributed by atoms with Crippen molar-refractivity contribution in [2.75, 3.05) is 25.0 Å². The fourth-order valence-electron chi connectivity index (χ4n) is 2.65. The zero-order chi connectivity index (χ0) is 14.2. The molecule has 0 unspecified atom stereocenters. The Labute approximate surface area is 113 Å². The Morgan fingerprint density at radius 1 is 1.26 bits per heavy atom. The minimum atomic E-state index is -0.367. The van der Waals surface area contributed by atoms with Crippen LogP contribution in [0.3, 0.4) is 0 Å². The highest BCUT2D eigenvalue weighted by Gasteiger charge is 2.39. The molecule has 0 N–H and O–H groups in total. The maximum atomic E-state index is 10.7. The number of hydrogen-bond acceptors (Lipinski definition) is 3. The SMILES string of the molecule is C[N+]1=C(C(C)(C)C)N(c2ccc([N+](=O)[O-])cc2)CC1. The molecule has 0 radical (unpaired) electrons. The van der Waals surface area contributed by atoms with E-state index in [1.807, 2.05) is 12.1 Å². The van der Waals surface area contributed by atoms with E-state index in [0.717, 1.165) is 18.8 Å². The summed E-state index contributed by atoms with van der Waals surface area (Å²) >= 11 is 0. The molecule has 1 aromatic carbocycles. The van der Waals surface area contributed by atoms with Gasteiger partial charge in [0, 0.05) is 12.1 Å². The highest BCUT2D eigenvalue weighted by Crippen LogP contribution is 2.28. The molecule has 0 saturated carbocycles. The van der Waals surface area contributed by atoms with Gasteiger partial charge >= 0.3 is 0 Å². The van der Waals surface area contributed by atoms with Gasteiger partial charge in [0.2, 0.25) is 0 Å². The van der Waals surface area contributed by atoms with Gasteiger partial charge in [-0.25, -0.2) is 4.90 Å². The molecule has 1 aliphatic heterocycles. The molecule has 0 amide bonds. The molecule has 102 valence electrons. The van der Waals surface area contributed by atoms with Crippen molar-refractivity contribution in [3.63, 3.8) is 0 Å². The summed E-state index contributed by atoms with van der Waals surface area (Å²) < 4.78 is 2.25.